The lowest BCUT2D eigenvalue weighted by atomic mass is 9.81. The molecule has 0 saturated carbocycles. The smallest absolute Gasteiger partial charge is 0.305 e. The summed E-state index contributed by atoms with van der Waals surface area (Å²) in [5.41, 5.74) is 9.68. The summed E-state index contributed by atoms with van der Waals surface area (Å²) in [4.78, 5) is 25.1. The van der Waals surface area contributed by atoms with Crippen LogP contribution < -0.4 is 21.9 Å². The molecule has 8 heteroatoms. The first-order chi connectivity index (χ1) is 24.0. The summed E-state index contributed by atoms with van der Waals surface area (Å²) in [6, 6.07) is 17.3. The Bertz CT molecular complexity index is 1750. The van der Waals surface area contributed by atoms with Crippen molar-refractivity contribution in [3.05, 3.63) is 106 Å². The fourth-order valence-corrected chi connectivity index (χ4v) is 8.19. The van der Waals surface area contributed by atoms with Crippen LogP contribution >= 0.6 is 11.6 Å². The van der Waals surface area contributed by atoms with E-state index in [4.69, 9.17) is 21.4 Å². The van der Waals surface area contributed by atoms with Crippen LogP contribution in [0.3, 0.4) is 0 Å². The van der Waals surface area contributed by atoms with Crippen molar-refractivity contribution in [3.63, 3.8) is 0 Å². The maximum atomic E-state index is 11.6. The van der Waals surface area contributed by atoms with E-state index in [9.17, 15) is 9.59 Å². The first-order valence-electron chi connectivity index (χ1n) is 18.4. The van der Waals surface area contributed by atoms with Crippen molar-refractivity contribution in [2.24, 2.45) is 0 Å². The Balaban J connectivity index is 0.00000583. The second-order valence-electron chi connectivity index (χ2n) is 14.8. The summed E-state index contributed by atoms with van der Waals surface area (Å²) in [5.74, 6) is -0.872. The highest BCUT2D eigenvalue weighted by Gasteiger charge is 2.44. The highest BCUT2D eigenvalue weighted by molar-refractivity contribution is 6.32. The van der Waals surface area contributed by atoms with Crippen LogP contribution in [0.1, 0.15) is 109 Å². The number of methoxy groups -OCH3 is 1. The Labute approximate surface area is 320 Å². The fraction of sp³-hybridized carbons (Fsp3) is 0.465. The molecule has 0 radical (unpaired) electrons. The zero-order valence-electron chi connectivity index (χ0n) is 30.9. The molecular formula is C43H54BrClN2O4. The lowest BCUT2D eigenvalue weighted by Gasteiger charge is -2.27. The van der Waals surface area contributed by atoms with Gasteiger partial charge in [0.1, 0.15) is 6.54 Å². The molecule has 0 atom stereocenters. The minimum atomic E-state index is -0.728. The SMILES string of the molecule is COC(=O)CCCCCN1/C(=C/C=C2\CCCC(/C=C/C3=[N+](CCCCCC(=O)O)c4ccccc4C3(C)C)=C2Cl)C(C)(C)c2ccccc21.[Br-]. The van der Waals surface area contributed by atoms with Crippen molar-refractivity contribution in [2.75, 3.05) is 25.1 Å². The molecule has 0 bridgehead atoms. The summed E-state index contributed by atoms with van der Waals surface area (Å²) in [7, 11) is 1.45. The number of allylic oxidation sites excluding steroid dienone is 8. The summed E-state index contributed by atoms with van der Waals surface area (Å²) >= 11 is 7.22. The van der Waals surface area contributed by atoms with Gasteiger partial charge in [-0.1, -0.05) is 80.4 Å². The third-order valence-electron chi connectivity index (χ3n) is 10.7. The molecular weight excluding hydrogens is 724 g/mol. The summed E-state index contributed by atoms with van der Waals surface area (Å²) in [5, 5.41) is 9.92. The largest absolute Gasteiger partial charge is 1.00 e. The number of aliphatic carboxylic acids is 1. The van der Waals surface area contributed by atoms with Crippen LogP contribution in [0, 0.1) is 0 Å². The topological polar surface area (TPSA) is 69.8 Å². The third kappa shape index (κ3) is 9.15. The van der Waals surface area contributed by atoms with E-state index >= 15 is 0 Å². The molecule has 2 heterocycles. The quantitative estimate of drug-likeness (QED) is 0.117. The molecule has 51 heavy (non-hydrogen) atoms. The number of unbranched alkanes of at least 4 members (excludes halogenated alkanes) is 4. The number of carboxylic acid groups (broad SMARTS) is 1. The van der Waals surface area contributed by atoms with E-state index in [1.807, 2.05) is 0 Å². The molecule has 1 aliphatic carbocycles. The Morgan fingerprint density at radius 3 is 2.29 bits per heavy atom. The molecule has 6 nitrogen and oxygen atoms in total. The minimum absolute atomic E-state index is 0. The van der Waals surface area contributed by atoms with Crippen LogP contribution in [0.15, 0.2) is 94.7 Å². The van der Waals surface area contributed by atoms with Gasteiger partial charge in [-0.05, 0) is 87.6 Å². The van der Waals surface area contributed by atoms with E-state index in [0.29, 0.717) is 12.8 Å². The number of carbonyl (C=O) groups excluding carboxylic acids is 1. The molecule has 0 saturated heterocycles. The number of halogens is 2. The number of anilines is 1. The van der Waals surface area contributed by atoms with Crippen molar-refractivity contribution in [1.29, 1.82) is 0 Å². The van der Waals surface area contributed by atoms with Crippen molar-refractivity contribution in [3.8, 4) is 0 Å². The van der Waals surface area contributed by atoms with Gasteiger partial charge in [0.15, 0.2) is 5.71 Å². The van der Waals surface area contributed by atoms with Crippen molar-refractivity contribution in [2.45, 2.75) is 109 Å². The number of hydrogen-bond acceptors (Lipinski definition) is 4. The van der Waals surface area contributed by atoms with Crippen LogP contribution in [0.2, 0.25) is 0 Å². The average Bonchev–Trinajstić information content (AvgIpc) is 3.45. The average molecular weight is 778 g/mol. The molecule has 5 rings (SSSR count). The number of fused-ring (bicyclic) bond motifs is 2. The van der Waals surface area contributed by atoms with E-state index < -0.39 is 5.97 Å². The number of carbonyl (C=O) groups is 2. The number of hydrogen-bond donors (Lipinski definition) is 1. The first-order valence-corrected chi connectivity index (χ1v) is 18.7. The van der Waals surface area contributed by atoms with E-state index in [2.05, 4.69) is 110 Å². The second-order valence-corrected chi connectivity index (χ2v) is 15.2. The normalized spacial score (nSPS) is 19.1. The molecule has 2 aromatic carbocycles. The van der Waals surface area contributed by atoms with Gasteiger partial charge >= 0.3 is 11.9 Å². The molecule has 0 aromatic heterocycles. The molecule has 0 unspecified atom stereocenters. The molecule has 2 aromatic rings. The van der Waals surface area contributed by atoms with Gasteiger partial charge in [-0.25, -0.2) is 0 Å². The summed E-state index contributed by atoms with van der Waals surface area (Å²) in [6.07, 6.45) is 18.0. The molecule has 0 spiro atoms. The Morgan fingerprint density at radius 1 is 0.863 bits per heavy atom. The molecule has 0 amide bonds. The lowest BCUT2D eigenvalue weighted by molar-refractivity contribution is -0.438. The van der Waals surface area contributed by atoms with Crippen LogP contribution in [-0.2, 0) is 25.2 Å². The highest BCUT2D eigenvalue weighted by atomic mass is 79.9. The Hall–Kier alpha value is -3.42. The van der Waals surface area contributed by atoms with Gasteiger partial charge in [-0.15, -0.1) is 0 Å². The number of para-hydroxylation sites is 2. The first kappa shape index (κ1) is 40.4. The second kappa shape index (κ2) is 17.9. The third-order valence-corrected chi connectivity index (χ3v) is 11.2. The monoisotopic (exact) mass is 776 g/mol. The van der Waals surface area contributed by atoms with E-state index in [1.54, 1.807) is 0 Å². The molecule has 0 fully saturated rings. The van der Waals surface area contributed by atoms with Crippen molar-refractivity contribution < 1.29 is 41.0 Å². The van der Waals surface area contributed by atoms with E-state index in [0.717, 1.165) is 69.5 Å². The van der Waals surface area contributed by atoms with Crippen molar-refractivity contribution >= 4 is 40.6 Å². The van der Waals surface area contributed by atoms with Crippen LogP contribution in [0.25, 0.3) is 0 Å². The highest BCUT2D eigenvalue weighted by Crippen LogP contribution is 2.48. The van der Waals surface area contributed by atoms with E-state index in [-0.39, 0.29) is 40.2 Å². The van der Waals surface area contributed by atoms with Gasteiger partial charge in [0.05, 0.1) is 12.5 Å². The molecule has 2 aliphatic heterocycles. The van der Waals surface area contributed by atoms with Gasteiger partial charge in [0.25, 0.3) is 0 Å². The van der Waals surface area contributed by atoms with Crippen molar-refractivity contribution in [1.82, 2.24) is 0 Å². The van der Waals surface area contributed by atoms with Crippen LogP contribution in [-0.4, -0.2) is 47.5 Å². The zero-order chi connectivity index (χ0) is 35.9. The maximum Gasteiger partial charge on any atom is 0.305 e. The minimum Gasteiger partial charge on any atom is -1.00 e. The summed E-state index contributed by atoms with van der Waals surface area (Å²) < 4.78 is 7.25. The van der Waals surface area contributed by atoms with Crippen LogP contribution in [0.4, 0.5) is 11.4 Å². The van der Waals surface area contributed by atoms with Gasteiger partial charge < -0.3 is 31.7 Å². The maximum absolute atomic E-state index is 11.6. The number of rotatable bonds is 15. The predicted molar refractivity (Wildman–Crippen MR) is 205 cm³/mol. The van der Waals surface area contributed by atoms with Gasteiger partial charge in [-0.3, -0.25) is 9.59 Å². The Kier molecular flexibility index (Phi) is 14.1. The predicted octanol–water partition coefficient (Wildman–Crippen LogP) is 7.29. The molecule has 1 N–H and O–H groups in total. The number of esters is 1. The standard InChI is InChI=1S/C43H53ClN2O4.BrH/c1-42(2)33-19-10-12-21-35(33)45(29-14-6-8-23-39(47)48)37(42)27-25-31-17-16-18-32(41(31)44)26-28-38-43(3,4)34-20-11-13-22-36(34)46(38)30-15-7-9-24-40(49)50-5;/h10-13,19-22,25-28H,6-9,14-18,23-24,29-30H2,1-5H3;1H. The van der Waals surface area contributed by atoms with Gasteiger partial charge in [0, 0.05) is 65.3 Å². The molecule has 274 valence electrons. The summed E-state index contributed by atoms with van der Waals surface area (Å²) in [6.45, 7) is 10.9. The number of ether oxygens (including phenoxy) is 1. The van der Waals surface area contributed by atoms with Gasteiger partial charge in [0.2, 0.25) is 5.69 Å². The van der Waals surface area contributed by atoms with E-state index in [1.165, 1.54) is 52.2 Å². The number of nitrogens with zero attached hydrogens (tertiary/aromatic N) is 2. The number of carboxylic acids is 1. The van der Waals surface area contributed by atoms with Crippen LogP contribution in [0.5, 0.6) is 0 Å². The zero-order valence-corrected chi connectivity index (χ0v) is 33.3. The van der Waals surface area contributed by atoms with Gasteiger partial charge in [-0.2, -0.15) is 4.58 Å². The lowest BCUT2D eigenvalue weighted by Crippen LogP contribution is -3.00. The molecule has 3 aliphatic rings. The fourth-order valence-electron chi connectivity index (χ4n) is 7.87. The Morgan fingerprint density at radius 2 is 1.55 bits per heavy atom. The number of benzene rings is 2.